The average Bonchev–Trinajstić information content (AvgIpc) is 2.78. The fourth-order valence-electron chi connectivity index (χ4n) is 2.56. The van der Waals surface area contributed by atoms with Crippen LogP contribution in [0.4, 0.5) is 0 Å². The summed E-state index contributed by atoms with van der Waals surface area (Å²) in [6.07, 6.45) is 2.50. The van der Waals surface area contributed by atoms with Crippen LogP contribution < -0.4 is 0 Å². The van der Waals surface area contributed by atoms with E-state index in [0.29, 0.717) is 6.54 Å². The van der Waals surface area contributed by atoms with Crippen molar-refractivity contribution < 1.29 is 4.79 Å². The number of halogens is 1. The highest BCUT2D eigenvalue weighted by molar-refractivity contribution is 9.10. The van der Waals surface area contributed by atoms with E-state index in [1.54, 1.807) is 0 Å². The second-order valence-corrected chi connectivity index (χ2v) is 7.23. The number of rotatable bonds is 5. The topological polar surface area (TPSA) is 23.6 Å². The van der Waals surface area contributed by atoms with Gasteiger partial charge in [0.05, 0.1) is 11.4 Å². The molecule has 0 aromatic carbocycles. The molecule has 5 heteroatoms. The number of piperidine rings is 1. The minimum absolute atomic E-state index is 0.220. The first-order valence-electron chi connectivity index (χ1n) is 6.69. The van der Waals surface area contributed by atoms with Crippen molar-refractivity contribution in [1.82, 2.24) is 9.80 Å². The standard InChI is InChI=1S/C14H21BrN2OS/c1-16-6-3-11(4-7-16)9-17(2)10-13(18)14-12(15)5-8-19-14/h5,8,11H,3-4,6-7,9-10H2,1-2H3. The summed E-state index contributed by atoms with van der Waals surface area (Å²) in [5.41, 5.74) is 0. The molecule has 0 aliphatic carbocycles. The molecule has 1 aliphatic rings. The van der Waals surface area contributed by atoms with Crippen molar-refractivity contribution in [1.29, 1.82) is 0 Å². The Bertz CT molecular complexity index is 427. The van der Waals surface area contributed by atoms with Gasteiger partial charge in [0, 0.05) is 11.0 Å². The monoisotopic (exact) mass is 344 g/mol. The Balaban J connectivity index is 1.80. The Morgan fingerprint density at radius 1 is 1.53 bits per heavy atom. The molecule has 1 aromatic rings. The number of carbonyl (C=O) groups excluding carboxylic acids is 1. The van der Waals surface area contributed by atoms with Crippen LogP contribution in [0.2, 0.25) is 0 Å². The number of carbonyl (C=O) groups is 1. The number of likely N-dealkylation sites (tertiary alicyclic amines) is 1. The van der Waals surface area contributed by atoms with E-state index in [1.165, 1.54) is 37.3 Å². The summed E-state index contributed by atoms with van der Waals surface area (Å²) in [7, 11) is 4.23. The quantitative estimate of drug-likeness (QED) is 0.767. The molecule has 1 aliphatic heterocycles. The van der Waals surface area contributed by atoms with Gasteiger partial charge in [-0.25, -0.2) is 0 Å². The molecule has 0 radical (unpaired) electrons. The summed E-state index contributed by atoms with van der Waals surface area (Å²) in [5, 5.41) is 1.95. The van der Waals surface area contributed by atoms with Crippen molar-refractivity contribution in [3.8, 4) is 0 Å². The van der Waals surface area contributed by atoms with E-state index in [0.717, 1.165) is 21.8 Å². The molecule has 0 unspecified atom stereocenters. The van der Waals surface area contributed by atoms with E-state index in [-0.39, 0.29) is 5.78 Å². The van der Waals surface area contributed by atoms with Crippen molar-refractivity contribution in [2.45, 2.75) is 12.8 Å². The van der Waals surface area contributed by atoms with Crippen LogP contribution in [-0.4, -0.2) is 55.9 Å². The van der Waals surface area contributed by atoms with Gasteiger partial charge in [-0.15, -0.1) is 11.3 Å². The molecule has 106 valence electrons. The normalized spacial score (nSPS) is 18.1. The minimum Gasteiger partial charge on any atom is -0.306 e. The van der Waals surface area contributed by atoms with Gasteiger partial charge in [-0.2, -0.15) is 0 Å². The fourth-order valence-corrected chi connectivity index (χ4v) is 4.09. The van der Waals surface area contributed by atoms with Gasteiger partial charge >= 0.3 is 0 Å². The molecule has 19 heavy (non-hydrogen) atoms. The number of nitrogens with zero attached hydrogens (tertiary/aromatic N) is 2. The second kappa shape index (κ2) is 6.97. The molecule has 0 amide bonds. The second-order valence-electron chi connectivity index (χ2n) is 5.46. The van der Waals surface area contributed by atoms with Crippen molar-refractivity contribution in [3.05, 3.63) is 20.8 Å². The highest BCUT2D eigenvalue weighted by Gasteiger charge is 2.20. The number of ketones is 1. The molecule has 0 saturated carbocycles. The smallest absolute Gasteiger partial charge is 0.187 e. The molecular formula is C14H21BrN2OS. The van der Waals surface area contributed by atoms with Crippen LogP contribution in [0.25, 0.3) is 0 Å². The third kappa shape index (κ3) is 4.38. The molecule has 1 aromatic heterocycles. The van der Waals surface area contributed by atoms with Gasteiger partial charge < -0.3 is 4.90 Å². The lowest BCUT2D eigenvalue weighted by Gasteiger charge is -2.31. The summed E-state index contributed by atoms with van der Waals surface area (Å²) in [6, 6.07) is 1.94. The van der Waals surface area contributed by atoms with Gasteiger partial charge in [-0.3, -0.25) is 9.69 Å². The number of hydrogen-bond acceptors (Lipinski definition) is 4. The lowest BCUT2D eigenvalue weighted by Crippen LogP contribution is -2.37. The predicted octanol–water partition coefficient (Wildman–Crippen LogP) is 2.97. The third-order valence-electron chi connectivity index (χ3n) is 3.69. The molecule has 2 heterocycles. The molecule has 0 bridgehead atoms. The van der Waals surface area contributed by atoms with Gasteiger partial charge in [0.1, 0.15) is 0 Å². The first-order valence-corrected chi connectivity index (χ1v) is 8.37. The zero-order valence-electron chi connectivity index (χ0n) is 11.6. The lowest BCUT2D eigenvalue weighted by atomic mass is 9.96. The van der Waals surface area contributed by atoms with Crippen LogP contribution in [0, 0.1) is 5.92 Å². The Morgan fingerprint density at radius 3 is 2.79 bits per heavy atom. The molecule has 0 N–H and O–H groups in total. The van der Waals surface area contributed by atoms with Crippen LogP contribution in [-0.2, 0) is 0 Å². The van der Waals surface area contributed by atoms with E-state index < -0.39 is 0 Å². The molecule has 2 rings (SSSR count). The number of thiophene rings is 1. The summed E-state index contributed by atoms with van der Waals surface area (Å²) in [6.45, 7) is 3.92. The maximum Gasteiger partial charge on any atom is 0.187 e. The van der Waals surface area contributed by atoms with Crippen LogP contribution in [0.15, 0.2) is 15.9 Å². The first kappa shape index (κ1) is 15.2. The molecule has 0 atom stereocenters. The van der Waals surface area contributed by atoms with Gasteiger partial charge in [-0.1, -0.05) is 0 Å². The van der Waals surface area contributed by atoms with E-state index >= 15 is 0 Å². The van der Waals surface area contributed by atoms with Crippen LogP contribution >= 0.6 is 27.3 Å². The average molecular weight is 345 g/mol. The van der Waals surface area contributed by atoms with Gasteiger partial charge in [0.2, 0.25) is 0 Å². The zero-order valence-corrected chi connectivity index (χ0v) is 14.0. The molecule has 0 spiro atoms. The summed E-state index contributed by atoms with van der Waals surface area (Å²) < 4.78 is 0.926. The largest absolute Gasteiger partial charge is 0.306 e. The predicted molar refractivity (Wildman–Crippen MR) is 84.1 cm³/mol. The van der Waals surface area contributed by atoms with E-state index in [2.05, 4.69) is 39.8 Å². The number of hydrogen-bond donors (Lipinski definition) is 0. The Kier molecular flexibility index (Phi) is 5.57. The summed E-state index contributed by atoms with van der Waals surface area (Å²) in [4.78, 5) is 17.6. The molecule has 3 nitrogen and oxygen atoms in total. The van der Waals surface area contributed by atoms with E-state index in [9.17, 15) is 4.79 Å². The van der Waals surface area contributed by atoms with Gasteiger partial charge in [-0.05, 0) is 73.3 Å². The fraction of sp³-hybridized carbons (Fsp3) is 0.643. The SMILES string of the molecule is CN1CCC(CN(C)CC(=O)c2sccc2Br)CC1. The Hall–Kier alpha value is -0.230. The summed E-state index contributed by atoms with van der Waals surface area (Å²) >= 11 is 4.94. The van der Waals surface area contributed by atoms with Crippen molar-refractivity contribution in [2.75, 3.05) is 40.3 Å². The third-order valence-corrected chi connectivity index (χ3v) is 5.57. The molecular weight excluding hydrogens is 324 g/mol. The highest BCUT2D eigenvalue weighted by Crippen LogP contribution is 2.23. The van der Waals surface area contributed by atoms with Crippen molar-refractivity contribution in [2.24, 2.45) is 5.92 Å². The van der Waals surface area contributed by atoms with E-state index in [1.807, 2.05) is 11.4 Å². The van der Waals surface area contributed by atoms with E-state index in [4.69, 9.17) is 0 Å². The van der Waals surface area contributed by atoms with Crippen LogP contribution in [0.1, 0.15) is 22.5 Å². The van der Waals surface area contributed by atoms with Gasteiger partial charge in [0.15, 0.2) is 5.78 Å². The van der Waals surface area contributed by atoms with Crippen LogP contribution in [0.3, 0.4) is 0 Å². The highest BCUT2D eigenvalue weighted by atomic mass is 79.9. The minimum atomic E-state index is 0.220. The number of Topliss-reactive ketones (excluding diaryl/α,β-unsaturated/α-hetero) is 1. The Morgan fingerprint density at radius 2 is 2.21 bits per heavy atom. The van der Waals surface area contributed by atoms with Crippen LogP contribution in [0.5, 0.6) is 0 Å². The molecule has 1 saturated heterocycles. The van der Waals surface area contributed by atoms with Gasteiger partial charge in [0.25, 0.3) is 0 Å². The lowest BCUT2D eigenvalue weighted by molar-refractivity contribution is 0.0928. The summed E-state index contributed by atoms with van der Waals surface area (Å²) in [5.74, 6) is 0.957. The maximum absolute atomic E-state index is 12.2. The maximum atomic E-state index is 12.2. The number of likely N-dealkylation sites (N-methyl/N-ethyl adjacent to an activating group) is 1. The zero-order chi connectivity index (χ0) is 13.8. The van der Waals surface area contributed by atoms with Crippen molar-refractivity contribution in [3.63, 3.8) is 0 Å². The Labute approximate surface area is 127 Å². The first-order chi connectivity index (χ1) is 9.06. The van der Waals surface area contributed by atoms with Crippen molar-refractivity contribution >= 4 is 33.0 Å². The molecule has 1 fully saturated rings.